The molecule has 132 valence electrons. The zero-order chi connectivity index (χ0) is 18.3. The lowest BCUT2D eigenvalue weighted by Crippen LogP contribution is -2.12. The van der Waals surface area contributed by atoms with E-state index in [0.717, 1.165) is 29.2 Å². The van der Waals surface area contributed by atoms with Crippen LogP contribution in [0.3, 0.4) is 0 Å². The fourth-order valence-electron chi connectivity index (χ4n) is 5.06. The molecule has 0 fully saturated rings. The SMILES string of the molecule is Cc1c2c(cc3ccccc13)-c1nccc3c4c(cc(c13)O2)C(C)(C)CC4. The van der Waals surface area contributed by atoms with Gasteiger partial charge in [-0.05, 0) is 70.7 Å². The normalized spacial score (nSPS) is 16.3. The van der Waals surface area contributed by atoms with Crippen molar-refractivity contribution in [2.24, 2.45) is 0 Å². The molecule has 0 N–H and O–H groups in total. The van der Waals surface area contributed by atoms with E-state index >= 15 is 0 Å². The monoisotopic (exact) mass is 351 g/mol. The topological polar surface area (TPSA) is 22.1 Å². The molecular weight excluding hydrogens is 330 g/mol. The predicted molar refractivity (Wildman–Crippen MR) is 111 cm³/mol. The van der Waals surface area contributed by atoms with E-state index in [1.165, 1.54) is 44.7 Å². The van der Waals surface area contributed by atoms with E-state index in [0.29, 0.717) is 0 Å². The van der Waals surface area contributed by atoms with Crippen LogP contribution >= 0.6 is 0 Å². The maximum absolute atomic E-state index is 6.57. The van der Waals surface area contributed by atoms with Crippen LogP contribution in [0.5, 0.6) is 11.5 Å². The summed E-state index contributed by atoms with van der Waals surface area (Å²) in [5.74, 6) is 1.92. The number of aryl methyl sites for hydroxylation is 2. The summed E-state index contributed by atoms with van der Waals surface area (Å²) < 4.78 is 6.57. The molecule has 3 aromatic carbocycles. The third-order valence-corrected chi connectivity index (χ3v) is 6.57. The second kappa shape index (κ2) is 4.89. The van der Waals surface area contributed by atoms with Crippen molar-refractivity contribution in [3.05, 3.63) is 65.4 Å². The quantitative estimate of drug-likeness (QED) is 0.310. The van der Waals surface area contributed by atoms with E-state index in [4.69, 9.17) is 9.72 Å². The molecule has 1 aromatic heterocycles. The Balaban J connectivity index is 1.76. The van der Waals surface area contributed by atoms with Gasteiger partial charge in [0, 0.05) is 17.3 Å². The number of aromatic nitrogens is 1. The number of benzene rings is 3. The van der Waals surface area contributed by atoms with Gasteiger partial charge in [0.25, 0.3) is 0 Å². The molecule has 0 radical (unpaired) electrons. The lowest BCUT2D eigenvalue weighted by atomic mass is 9.84. The molecule has 1 aliphatic carbocycles. The van der Waals surface area contributed by atoms with Crippen LogP contribution in [-0.2, 0) is 11.8 Å². The summed E-state index contributed by atoms with van der Waals surface area (Å²) in [7, 11) is 0. The highest BCUT2D eigenvalue weighted by molar-refractivity contribution is 6.07. The Morgan fingerprint density at radius 2 is 1.89 bits per heavy atom. The standard InChI is InChI=1S/C25H21NO/c1-14-16-7-5-4-6-15(16)12-19-23-22-18(9-11-26-23)17-8-10-25(2,3)20(17)13-21(22)27-24(14)19/h4-7,9,11-13H,8,10H2,1-3H3. The first-order valence-corrected chi connectivity index (χ1v) is 9.70. The summed E-state index contributed by atoms with van der Waals surface area (Å²) in [5.41, 5.74) is 6.47. The van der Waals surface area contributed by atoms with Crippen molar-refractivity contribution < 1.29 is 4.74 Å². The molecule has 6 rings (SSSR count). The van der Waals surface area contributed by atoms with E-state index in [1.54, 1.807) is 0 Å². The number of rotatable bonds is 0. The molecular formula is C25H21NO. The molecule has 0 spiro atoms. The van der Waals surface area contributed by atoms with E-state index < -0.39 is 0 Å². The zero-order valence-electron chi connectivity index (χ0n) is 15.9. The fraction of sp³-hybridized carbons (Fsp3) is 0.240. The van der Waals surface area contributed by atoms with Gasteiger partial charge in [0.2, 0.25) is 0 Å². The second-order valence-electron chi connectivity index (χ2n) is 8.57. The average molecular weight is 351 g/mol. The first-order chi connectivity index (χ1) is 13.0. The Hall–Kier alpha value is -2.87. The smallest absolute Gasteiger partial charge is 0.140 e. The van der Waals surface area contributed by atoms with Gasteiger partial charge in [-0.15, -0.1) is 0 Å². The van der Waals surface area contributed by atoms with Gasteiger partial charge in [0.15, 0.2) is 0 Å². The summed E-state index contributed by atoms with van der Waals surface area (Å²) in [6.07, 6.45) is 4.28. The maximum atomic E-state index is 6.57. The number of hydrogen-bond acceptors (Lipinski definition) is 2. The van der Waals surface area contributed by atoms with Crippen LogP contribution < -0.4 is 4.74 Å². The van der Waals surface area contributed by atoms with Crippen LogP contribution in [0.15, 0.2) is 48.7 Å². The van der Waals surface area contributed by atoms with Gasteiger partial charge in [-0.2, -0.15) is 0 Å². The predicted octanol–water partition coefficient (Wildman–Crippen LogP) is 6.69. The van der Waals surface area contributed by atoms with Crippen molar-refractivity contribution in [2.45, 2.75) is 39.0 Å². The van der Waals surface area contributed by atoms with Gasteiger partial charge in [0.1, 0.15) is 11.5 Å². The molecule has 0 unspecified atom stereocenters. The zero-order valence-corrected chi connectivity index (χ0v) is 15.9. The summed E-state index contributed by atoms with van der Waals surface area (Å²) in [4.78, 5) is 4.81. The maximum Gasteiger partial charge on any atom is 0.140 e. The van der Waals surface area contributed by atoms with Crippen molar-refractivity contribution in [3.63, 3.8) is 0 Å². The molecule has 2 aliphatic rings. The molecule has 4 aromatic rings. The van der Waals surface area contributed by atoms with Gasteiger partial charge in [-0.1, -0.05) is 38.1 Å². The molecule has 2 heteroatoms. The van der Waals surface area contributed by atoms with E-state index in [-0.39, 0.29) is 5.41 Å². The highest BCUT2D eigenvalue weighted by atomic mass is 16.5. The lowest BCUT2D eigenvalue weighted by Gasteiger charge is -2.26. The third kappa shape index (κ3) is 1.88. The molecule has 0 saturated heterocycles. The summed E-state index contributed by atoms with van der Waals surface area (Å²) >= 11 is 0. The van der Waals surface area contributed by atoms with Crippen LogP contribution in [0.4, 0.5) is 0 Å². The Morgan fingerprint density at radius 3 is 2.78 bits per heavy atom. The average Bonchev–Trinajstić information content (AvgIpc) is 2.98. The summed E-state index contributed by atoms with van der Waals surface area (Å²) in [6, 6.07) is 15.2. The Morgan fingerprint density at radius 1 is 1.04 bits per heavy atom. The Labute approximate surface area is 158 Å². The first-order valence-electron chi connectivity index (χ1n) is 9.70. The second-order valence-corrected chi connectivity index (χ2v) is 8.57. The van der Waals surface area contributed by atoms with Gasteiger partial charge in [-0.3, -0.25) is 4.98 Å². The first kappa shape index (κ1) is 15.2. The molecule has 0 atom stereocenters. The van der Waals surface area contributed by atoms with Gasteiger partial charge >= 0.3 is 0 Å². The van der Waals surface area contributed by atoms with Crippen LogP contribution in [-0.4, -0.2) is 4.98 Å². The van der Waals surface area contributed by atoms with Crippen LogP contribution in [0.2, 0.25) is 0 Å². The Bertz CT molecular complexity index is 1280. The Kier molecular flexibility index (Phi) is 2.76. The number of ether oxygens (including phenoxy) is 1. The van der Waals surface area contributed by atoms with Gasteiger partial charge < -0.3 is 4.74 Å². The van der Waals surface area contributed by atoms with Crippen LogP contribution in [0.1, 0.15) is 37.0 Å². The number of hydrogen-bond donors (Lipinski definition) is 0. The molecule has 0 amide bonds. The minimum atomic E-state index is 0.200. The van der Waals surface area contributed by atoms with Gasteiger partial charge in [-0.25, -0.2) is 0 Å². The van der Waals surface area contributed by atoms with E-state index in [9.17, 15) is 0 Å². The van der Waals surface area contributed by atoms with E-state index in [1.807, 2.05) is 6.20 Å². The van der Waals surface area contributed by atoms with Crippen molar-refractivity contribution in [1.29, 1.82) is 0 Å². The van der Waals surface area contributed by atoms with Crippen molar-refractivity contribution in [2.75, 3.05) is 0 Å². The highest BCUT2D eigenvalue weighted by Crippen LogP contribution is 2.52. The largest absolute Gasteiger partial charge is 0.456 e. The molecule has 27 heavy (non-hydrogen) atoms. The molecule has 2 nitrogen and oxygen atoms in total. The third-order valence-electron chi connectivity index (χ3n) is 6.57. The molecule has 0 saturated carbocycles. The van der Waals surface area contributed by atoms with Crippen molar-refractivity contribution >= 4 is 21.5 Å². The molecule has 1 aliphatic heterocycles. The summed E-state index contributed by atoms with van der Waals surface area (Å²) in [5, 5.41) is 4.97. The lowest BCUT2D eigenvalue weighted by molar-refractivity contribution is 0.477. The fourth-order valence-corrected chi connectivity index (χ4v) is 5.06. The minimum Gasteiger partial charge on any atom is -0.456 e. The van der Waals surface area contributed by atoms with Crippen molar-refractivity contribution in [1.82, 2.24) is 4.98 Å². The van der Waals surface area contributed by atoms with Crippen molar-refractivity contribution in [3.8, 4) is 22.8 Å². The molecule has 0 bridgehead atoms. The number of nitrogens with zero attached hydrogens (tertiary/aromatic N) is 1. The minimum absolute atomic E-state index is 0.200. The molecule has 2 heterocycles. The number of fused-ring (bicyclic) bond motifs is 5. The van der Waals surface area contributed by atoms with Crippen LogP contribution in [0.25, 0.3) is 32.8 Å². The number of pyridine rings is 1. The van der Waals surface area contributed by atoms with E-state index in [2.05, 4.69) is 63.2 Å². The highest BCUT2D eigenvalue weighted by Gasteiger charge is 2.34. The van der Waals surface area contributed by atoms with Gasteiger partial charge in [0.05, 0.1) is 11.1 Å². The summed E-state index contributed by atoms with van der Waals surface area (Å²) in [6.45, 7) is 6.84. The van der Waals surface area contributed by atoms with Crippen LogP contribution in [0, 0.1) is 6.92 Å².